The van der Waals surface area contributed by atoms with Crippen LogP contribution in [0, 0.1) is 6.92 Å². The van der Waals surface area contributed by atoms with Crippen LogP contribution in [0.25, 0.3) is 0 Å². The number of ether oxygens (including phenoxy) is 4. The minimum Gasteiger partial charge on any atom is -0.467 e. The summed E-state index contributed by atoms with van der Waals surface area (Å²) in [5.74, 6) is -0.446. The molecule has 0 saturated heterocycles. The number of ketones is 2. The van der Waals surface area contributed by atoms with Gasteiger partial charge in [-0.15, -0.1) is 0 Å². The first kappa shape index (κ1) is 27.0. The van der Waals surface area contributed by atoms with Crippen LogP contribution in [0.2, 0.25) is 51.4 Å². The Morgan fingerprint density at radius 2 is 1.34 bits per heavy atom. The molecule has 1 aromatic carbocycles. The number of hydrogen-bond acceptors (Lipinski definition) is 6. The Morgan fingerprint density at radius 1 is 0.812 bits per heavy atom. The first-order chi connectivity index (χ1) is 14.8. The standard InChI is InChI=1S/C23H35BrO6Si2/c1-16-12-17-19(18(13-16)29-14-27-8-10-31(2,3)4)22(26)23(20(24)21(17)25)30-15-28-9-11-32(5,6)7/h12-13H,8-11,14-15H2,1-7H3. The molecule has 6 nitrogen and oxygen atoms in total. The van der Waals surface area contributed by atoms with Gasteiger partial charge in [-0.05, 0) is 52.6 Å². The zero-order valence-corrected chi connectivity index (χ0v) is 23.8. The van der Waals surface area contributed by atoms with Crippen LogP contribution < -0.4 is 4.74 Å². The first-order valence-electron chi connectivity index (χ1n) is 10.8. The quantitative estimate of drug-likeness (QED) is 0.183. The van der Waals surface area contributed by atoms with Crippen LogP contribution in [0.1, 0.15) is 26.3 Å². The molecule has 0 atom stereocenters. The fourth-order valence-corrected chi connectivity index (χ4v) is 4.95. The summed E-state index contributed by atoms with van der Waals surface area (Å²) in [4.78, 5) is 26.1. The van der Waals surface area contributed by atoms with Crippen LogP contribution in [0.4, 0.5) is 0 Å². The molecule has 0 N–H and O–H groups in total. The van der Waals surface area contributed by atoms with E-state index in [1.807, 2.05) is 6.92 Å². The third kappa shape index (κ3) is 7.95. The van der Waals surface area contributed by atoms with Crippen LogP contribution in [0.3, 0.4) is 0 Å². The lowest BCUT2D eigenvalue weighted by Gasteiger charge is -2.22. The molecule has 32 heavy (non-hydrogen) atoms. The summed E-state index contributed by atoms with van der Waals surface area (Å²) < 4.78 is 22.6. The fraction of sp³-hybridized carbons (Fsp3) is 0.565. The van der Waals surface area contributed by atoms with Gasteiger partial charge in [0.2, 0.25) is 11.6 Å². The number of carbonyl (C=O) groups is 2. The number of carbonyl (C=O) groups excluding carboxylic acids is 2. The monoisotopic (exact) mass is 542 g/mol. The fourth-order valence-electron chi connectivity index (χ4n) is 2.92. The van der Waals surface area contributed by atoms with Gasteiger partial charge < -0.3 is 18.9 Å². The van der Waals surface area contributed by atoms with Gasteiger partial charge in [-0.2, -0.15) is 0 Å². The molecule has 1 aliphatic rings. The van der Waals surface area contributed by atoms with E-state index < -0.39 is 21.9 Å². The Morgan fingerprint density at radius 3 is 1.88 bits per heavy atom. The lowest BCUT2D eigenvalue weighted by Crippen LogP contribution is -2.25. The molecule has 0 fully saturated rings. The van der Waals surface area contributed by atoms with E-state index in [0.717, 1.165) is 17.7 Å². The Bertz CT molecular complexity index is 884. The van der Waals surface area contributed by atoms with Crippen molar-refractivity contribution >= 4 is 43.6 Å². The second-order valence-electron chi connectivity index (χ2n) is 10.4. The second-order valence-corrected chi connectivity index (χ2v) is 22.5. The van der Waals surface area contributed by atoms with Crippen LogP contribution in [-0.2, 0) is 14.2 Å². The second kappa shape index (κ2) is 11.2. The lowest BCUT2D eigenvalue weighted by atomic mass is 9.91. The summed E-state index contributed by atoms with van der Waals surface area (Å²) in [5.41, 5.74) is 1.32. The van der Waals surface area contributed by atoms with E-state index in [-0.39, 0.29) is 35.2 Å². The van der Waals surface area contributed by atoms with Crippen molar-refractivity contribution in [2.45, 2.75) is 58.3 Å². The number of hydrogen-bond donors (Lipinski definition) is 0. The third-order valence-corrected chi connectivity index (χ3v) is 9.03. The van der Waals surface area contributed by atoms with Crippen molar-refractivity contribution in [3.63, 3.8) is 0 Å². The molecule has 0 aromatic heterocycles. The van der Waals surface area contributed by atoms with E-state index in [4.69, 9.17) is 18.9 Å². The van der Waals surface area contributed by atoms with Gasteiger partial charge in [0.25, 0.3) is 0 Å². The van der Waals surface area contributed by atoms with Crippen LogP contribution >= 0.6 is 15.9 Å². The predicted molar refractivity (Wildman–Crippen MR) is 135 cm³/mol. The SMILES string of the molecule is Cc1cc(OCOCC[Si](C)(C)C)c2c(c1)C(=O)C(Br)=C(OCOCC[Si](C)(C)C)C2=O. The van der Waals surface area contributed by atoms with Crippen molar-refractivity contribution in [2.75, 3.05) is 26.8 Å². The van der Waals surface area contributed by atoms with E-state index in [9.17, 15) is 9.59 Å². The summed E-state index contributed by atoms with van der Waals surface area (Å²) in [7, 11) is -2.43. The van der Waals surface area contributed by atoms with Crippen molar-refractivity contribution in [3.8, 4) is 5.75 Å². The molecule has 0 spiro atoms. The van der Waals surface area contributed by atoms with Gasteiger partial charge in [0.1, 0.15) is 10.2 Å². The molecule has 0 aliphatic heterocycles. The molecule has 9 heteroatoms. The topological polar surface area (TPSA) is 71.1 Å². The molecule has 2 rings (SSSR count). The minimum absolute atomic E-state index is 0.0166. The highest BCUT2D eigenvalue weighted by Crippen LogP contribution is 2.36. The van der Waals surface area contributed by atoms with E-state index in [0.29, 0.717) is 24.5 Å². The maximum atomic E-state index is 13.2. The first-order valence-corrected chi connectivity index (χ1v) is 19.1. The number of Topliss-reactive ketones (excluding diaryl/α,β-unsaturated/α-hetero) is 2. The van der Waals surface area contributed by atoms with E-state index >= 15 is 0 Å². The number of allylic oxidation sites excluding steroid dienone is 2. The maximum Gasteiger partial charge on any atom is 0.233 e. The zero-order chi connectivity index (χ0) is 24.1. The Kier molecular flexibility index (Phi) is 9.48. The van der Waals surface area contributed by atoms with Gasteiger partial charge >= 0.3 is 0 Å². The number of fused-ring (bicyclic) bond motifs is 1. The Labute approximate surface area is 201 Å². The smallest absolute Gasteiger partial charge is 0.233 e. The van der Waals surface area contributed by atoms with Gasteiger partial charge in [-0.1, -0.05) is 39.3 Å². The number of benzene rings is 1. The van der Waals surface area contributed by atoms with Crippen LogP contribution in [-0.4, -0.2) is 54.5 Å². The highest BCUT2D eigenvalue weighted by atomic mass is 79.9. The predicted octanol–water partition coefficient (Wildman–Crippen LogP) is 6.00. The summed E-state index contributed by atoms with van der Waals surface area (Å²) in [6, 6.07) is 5.44. The molecule has 0 bridgehead atoms. The highest BCUT2D eigenvalue weighted by Gasteiger charge is 2.35. The van der Waals surface area contributed by atoms with Crippen molar-refractivity contribution < 1.29 is 28.5 Å². The van der Waals surface area contributed by atoms with Gasteiger partial charge in [-0.3, -0.25) is 9.59 Å². The summed E-state index contributed by atoms with van der Waals surface area (Å²) in [6.07, 6.45) is 0. The number of rotatable bonds is 12. The van der Waals surface area contributed by atoms with Crippen LogP contribution in [0.15, 0.2) is 22.4 Å². The molecule has 0 heterocycles. The summed E-state index contributed by atoms with van der Waals surface area (Å²) >= 11 is 3.25. The summed E-state index contributed by atoms with van der Waals surface area (Å²) in [5, 5.41) is 0. The Hall–Kier alpha value is -1.27. The molecule has 0 unspecified atom stereocenters. The van der Waals surface area contributed by atoms with E-state index in [2.05, 4.69) is 55.2 Å². The van der Waals surface area contributed by atoms with Crippen molar-refractivity contribution in [2.24, 2.45) is 0 Å². The van der Waals surface area contributed by atoms with Gasteiger partial charge in [-0.25, -0.2) is 0 Å². The van der Waals surface area contributed by atoms with E-state index in [1.54, 1.807) is 12.1 Å². The average Bonchev–Trinajstić information content (AvgIpc) is 2.65. The maximum absolute atomic E-state index is 13.2. The average molecular weight is 544 g/mol. The summed E-state index contributed by atoms with van der Waals surface area (Å²) in [6.45, 7) is 16.5. The molecule has 0 saturated carbocycles. The van der Waals surface area contributed by atoms with Gasteiger partial charge in [0, 0.05) is 34.9 Å². The molecular formula is C23H35BrO6Si2. The molecule has 0 amide bonds. The molecule has 0 radical (unpaired) electrons. The van der Waals surface area contributed by atoms with Crippen LogP contribution in [0.5, 0.6) is 5.75 Å². The normalized spacial score (nSPS) is 14.6. The number of halogens is 1. The van der Waals surface area contributed by atoms with Gasteiger partial charge in [0.05, 0.1) is 5.56 Å². The number of aryl methyl sites for hydroxylation is 1. The van der Waals surface area contributed by atoms with Gasteiger partial charge in [0.15, 0.2) is 19.3 Å². The largest absolute Gasteiger partial charge is 0.467 e. The lowest BCUT2D eigenvalue weighted by molar-refractivity contribution is -0.0176. The Balaban J connectivity index is 2.10. The highest BCUT2D eigenvalue weighted by molar-refractivity contribution is 9.12. The molecule has 1 aliphatic carbocycles. The molecule has 1 aromatic rings. The zero-order valence-electron chi connectivity index (χ0n) is 20.2. The minimum atomic E-state index is -1.22. The third-order valence-electron chi connectivity index (χ3n) is 4.90. The molecular weight excluding hydrogens is 508 g/mol. The molecule has 178 valence electrons. The van der Waals surface area contributed by atoms with Crippen molar-refractivity contribution in [3.05, 3.63) is 39.1 Å². The van der Waals surface area contributed by atoms with E-state index in [1.165, 1.54) is 0 Å². The van der Waals surface area contributed by atoms with Crippen molar-refractivity contribution in [1.82, 2.24) is 0 Å². The van der Waals surface area contributed by atoms with Crippen molar-refractivity contribution in [1.29, 1.82) is 0 Å².